The molecule has 0 aliphatic rings. The Kier molecular flexibility index (Phi) is 6.94. The van der Waals surface area contributed by atoms with Crippen molar-refractivity contribution >= 4 is 21.3 Å². The monoisotopic (exact) mass is 477 g/mol. The third-order valence-corrected chi connectivity index (χ3v) is 6.54. The van der Waals surface area contributed by atoms with Crippen LogP contribution in [0, 0.1) is 16.1 Å². The maximum Gasteiger partial charge on any atom is 0.420 e. The van der Waals surface area contributed by atoms with Crippen LogP contribution >= 0.6 is 0 Å². The number of nitrogens with one attached hydrogen (secondary N) is 2. The Hall–Kier alpha value is -3.07. The highest BCUT2D eigenvalue weighted by molar-refractivity contribution is 7.92. The summed E-state index contributed by atoms with van der Waals surface area (Å²) in [4.78, 5) is 12.5. The second kappa shape index (κ2) is 8.82. The van der Waals surface area contributed by atoms with E-state index in [-0.39, 0.29) is 17.9 Å². The molecule has 2 N–H and O–H groups in total. The summed E-state index contributed by atoms with van der Waals surface area (Å²) >= 11 is 0. The van der Waals surface area contributed by atoms with Crippen LogP contribution in [0.15, 0.2) is 53.4 Å². The molecule has 0 heterocycles. The van der Waals surface area contributed by atoms with E-state index in [1.807, 2.05) is 0 Å². The summed E-state index contributed by atoms with van der Waals surface area (Å²) in [5.74, 6) is -0.482. The minimum Gasteiger partial charge on any atom is -0.326 e. The Labute approximate surface area is 180 Å². The Balaban J connectivity index is 2.19. The Morgan fingerprint density at radius 3 is 1.91 bits per heavy atom. The predicted molar refractivity (Wildman–Crippen MR) is 104 cm³/mol. The molecule has 0 bridgehead atoms. The third kappa shape index (κ3) is 4.88. The Morgan fingerprint density at radius 2 is 1.50 bits per heavy atom. The van der Waals surface area contributed by atoms with Crippen molar-refractivity contribution in [3.8, 4) is 6.07 Å². The molecule has 0 fully saturated rings. The number of carbonyl (C=O) groups is 1. The van der Waals surface area contributed by atoms with Gasteiger partial charge in [0.1, 0.15) is 0 Å². The van der Waals surface area contributed by atoms with Gasteiger partial charge in [0.05, 0.1) is 22.2 Å². The molecule has 0 radical (unpaired) electrons. The summed E-state index contributed by atoms with van der Waals surface area (Å²) < 4.78 is 98.9. The zero-order valence-corrected chi connectivity index (χ0v) is 17.3. The number of amides is 1. The first-order chi connectivity index (χ1) is 14.7. The van der Waals surface area contributed by atoms with E-state index in [1.54, 1.807) is 6.92 Å². The quantitative estimate of drug-likeness (QED) is 0.562. The minimum absolute atomic E-state index is 0.0632. The number of nitriles is 1. The van der Waals surface area contributed by atoms with Gasteiger partial charge in [0.25, 0.3) is 5.41 Å². The van der Waals surface area contributed by atoms with Crippen molar-refractivity contribution in [2.24, 2.45) is 0 Å². The molecule has 2 aromatic carbocycles. The highest BCUT2D eigenvalue weighted by atomic mass is 32.2. The van der Waals surface area contributed by atoms with Gasteiger partial charge >= 0.3 is 12.4 Å². The van der Waals surface area contributed by atoms with Gasteiger partial charge in [-0.25, -0.2) is 8.99 Å². The number of carbonyl (C=O) groups excluding carboxylic acids is 1. The van der Waals surface area contributed by atoms with E-state index in [2.05, 4.69) is 5.32 Å². The zero-order chi connectivity index (χ0) is 24.4. The molecular weight excluding hydrogens is 460 g/mol. The van der Waals surface area contributed by atoms with Gasteiger partial charge in [-0.2, -0.15) is 31.6 Å². The number of benzene rings is 2. The maximum absolute atomic E-state index is 13.2. The van der Waals surface area contributed by atoms with Crippen molar-refractivity contribution in [2.75, 3.05) is 11.1 Å². The number of alkyl halides is 6. The number of hydrogen-bond donors (Lipinski definition) is 2. The van der Waals surface area contributed by atoms with Gasteiger partial charge < -0.3 is 5.32 Å². The number of halogens is 6. The van der Waals surface area contributed by atoms with Gasteiger partial charge in [-0.1, -0.05) is 31.2 Å². The second-order valence-electron chi connectivity index (χ2n) is 6.77. The lowest BCUT2D eigenvalue weighted by Gasteiger charge is -2.31. The van der Waals surface area contributed by atoms with Gasteiger partial charge in [-0.15, -0.1) is 0 Å². The molecule has 1 atom stereocenters. The average molecular weight is 477 g/mol. The van der Waals surface area contributed by atoms with Crippen LogP contribution in [0.4, 0.5) is 32.0 Å². The van der Waals surface area contributed by atoms with E-state index >= 15 is 0 Å². The molecule has 172 valence electrons. The number of rotatable bonds is 6. The van der Waals surface area contributed by atoms with Crippen LogP contribution in [0.5, 0.6) is 0 Å². The second-order valence-corrected chi connectivity index (χ2v) is 9.17. The van der Waals surface area contributed by atoms with Crippen LogP contribution < -0.4 is 5.32 Å². The van der Waals surface area contributed by atoms with E-state index in [9.17, 15) is 35.3 Å². The van der Waals surface area contributed by atoms with Crippen molar-refractivity contribution in [2.45, 2.75) is 36.0 Å². The summed E-state index contributed by atoms with van der Waals surface area (Å²) in [6.07, 6.45) is -12.0. The van der Waals surface area contributed by atoms with Gasteiger partial charge in [0.2, 0.25) is 5.91 Å². The molecule has 0 saturated heterocycles. The summed E-state index contributed by atoms with van der Waals surface area (Å²) in [7, 11) is -2.92. The minimum atomic E-state index is -5.91. The molecule has 0 saturated carbocycles. The van der Waals surface area contributed by atoms with E-state index < -0.39 is 39.0 Å². The van der Waals surface area contributed by atoms with E-state index in [0.717, 1.165) is 12.1 Å². The van der Waals surface area contributed by atoms with Crippen LogP contribution in [-0.4, -0.2) is 28.2 Å². The first-order valence-electron chi connectivity index (χ1n) is 8.98. The van der Waals surface area contributed by atoms with Crippen LogP contribution in [0.2, 0.25) is 0 Å². The summed E-state index contributed by atoms with van der Waals surface area (Å²) in [5, 5.41) is 11.1. The maximum atomic E-state index is 13.2. The van der Waals surface area contributed by atoms with Crippen molar-refractivity contribution in [3.05, 3.63) is 59.7 Å². The average Bonchev–Trinajstić information content (AvgIpc) is 2.68. The van der Waals surface area contributed by atoms with Crippen LogP contribution in [0.3, 0.4) is 0 Å². The summed E-state index contributed by atoms with van der Waals surface area (Å²) in [6, 6.07) is 8.91. The summed E-state index contributed by atoms with van der Waals surface area (Å²) in [5.41, 5.74) is -5.58. The molecule has 5 nitrogen and oxygen atoms in total. The molecular formula is C20H17F6N3O2S. The highest BCUT2D eigenvalue weighted by Crippen LogP contribution is 2.51. The van der Waals surface area contributed by atoms with Crippen LogP contribution in [0.1, 0.15) is 18.1 Å². The normalized spacial score (nSPS) is 14.3. The molecule has 1 amide bonds. The molecule has 0 aliphatic carbocycles. The van der Waals surface area contributed by atoms with E-state index in [0.29, 0.717) is 28.7 Å². The van der Waals surface area contributed by atoms with Gasteiger partial charge in [-0.05, 0) is 35.4 Å². The third-order valence-electron chi connectivity index (χ3n) is 4.70. The molecule has 0 aliphatic heterocycles. The van der Waals surface area contributed by atoms with Gasteiger partial charge in [0.15, 0.2) is 0 Å². The Morgan fingerprint density at radius 1 is 1.00 bits per heavy atom. The molecule has 2 aromatic rings. The first-order valence-corrected chi connectivity index (χ1v) is 10.7. The van der Waals surface area contributed by atoms with Crippen molar-refractivity contribution in [1.82, 2.24) is 0 Å². The van der Waals surface area contributed by atoms with Gasteiger partial charge in [0, 0.05) is 16.3 Å². The van der Waals surface area contributed by atoms with Gasteiger partial charge in [-0.3, -0.25) is 4.79 Å². The smallest absolute Gasteiger partial charge is 0.326 e. The standard InChI is InChI=1S/C20H17F6N3O2S/c1-2-32(28,31)16-9-3-13(4-10-16)11-17(30)29-15-7-5-14(6-8-15)18(12-27,19(21,22)23)20(24,25)26/h3-10,28H,2,11H2,1H3,(H,29,30). The van der Waals surface area contributed by atoms with E-state index in [1.165, 1.54) is 24.3 Å². The SMILES string of the molecule is CCS(=N)(=O)c1ccc(CC(=O)Nc2ccc(C(C#N)(C(F)(F)F)C(F)(F)F)cc2)cc1. The van der Waals surface area contributed by atoms with Crippen molar-refractivity contribution in [3.63, 3.8) is 0 Å². The topological polar surface area (TPSA) is 93.8 Å². The van der Waals surface area contributed by atoms with Crippen molar-refractivity contribution in [1.29, 1.82) is 10.0 Å². The highest BCUT2D eigenvalue weighted by Gasteiger charge is 2.72. The number of nitrogens with zero attached hydrogens (tertiary/aromatic N) is 1. The number of anilines is 1. The summed E-state index contributed by atoms with van der Waals surface area (Å²) in [6.45, 7) is 1.60. The predicted octanol–water partition coefficient (Wildman–Crippen LogP) is 5.18. The van der Waals surface area contributed by atoms with E-state index in [4.69, 9.17) is 10.0 Å². The zero-order valence-electron chi connectivity index (χ0n) is 16.5. The lowest BCUT2D eigenvalue weighted by Crippen LogP contribution is -2.52. The fraction of sp³-hybridized carbons (Fsp3) is 0.300. The first kappa shape index (κ1) is 25.2. The molecule has 32 heavy (non-hydrogen) atoms. The fourth-order valence-corrected chi connectivity index (χ4v) is 3.78. The molecule has 12 heteroatoms. The molecule has 0 spiro atoms. The molecule has 2 rings (SSSR count). The lowest BCUT2D eigenvalue weighted by atomic mass is 9.80. The Bertz CT molecular complexity index is 1100. The largest absolute Gasteiger partial charge is 0.420 e. The van der Waals surface area contributed by atoms with Crippen molar-refractivity contribution < 1.29 is 35.3 Å². The fourth-order valence-electron chi connectivity index (χ4n) is 2.87. The number of hydrogen-bond acceptors (Lipinski definition) is 4. The molecule has 1 unspecified atom stereocenters. The van der Waals surface area contributed by atoms with Crippen LogP contribution in [0.25, 0.3) is 0 Å². The van der Waals surface area contributed by atoms with Crippen LogP contribution in [-0.2, 0) is 26.4 Å². The lowest BCUT2D eigenvalue weighted by molar-refractivity contribution is -0.283. The molecule has 0 aromatic heterocycles.